The van der Waals surface area contributed by atoms with E-state index in [1.54, 1.807) is 0 Å². The molecule has 86 valence electrons. The first-order valence-electron chi connectivity index (χ1n) is 5.65. The van der Waals surface area contributed by atoms with E-state index in [1.165, 1.54) is 6.42 Å². The van der Waals surface area contributed by atoms with Gasteiger partial charge in [-0.2, -0.15) is 0 Å². The van der Waals surface area contributed by atoms with Crippen LogP contribution >= 0.6 is 0 Å². The Morgan fingerprint density at radius 3 is 1.93 bits per heavy atom. The maximum absolute atomic E-state index is 3.39. The average molecular weight is 200 g/mol. The average Bonchev–Trinajstić information content (AvgIpc) is 2.11. The summed E-state index contributed by atoms with van der Waals surface area (Å²) in [5, 5.41) is 3.39. The molecule has 0 bridgehead atoms. The minimum Gasteiger partial charge on any atom is -0.302 e. The van der Waals surface area contributed by atoms with E-state index in [-0.39, 0.29) is 5.66 Å². The highest BCUT2D eigenvalue weighted by Crippen LogP contribution is 2.21. The number of hydrogen-bond donors (Lipinski definition) is 1. The summed E-state index contributed by atoms with van der Waals surface area (Å²) in [5.41, 5.74) is 0.571. The predicted molar refractivity (Wildman–Crippen MR) is 64.5 cm³/mol. The number of nitrogens with one attached hydrogen (secondary N) is 1. The van der Waals surface area contributed by atoms with Gasteiger partial charge in [0.15, 0.2) is 0 Å². The summed E-state index contributed by atoms with van der Waals surface area (Å²) in [6.07, 6.45) is 2.37. The van der Waals surface area contributed by atoms with Gasteiger partial charge in [-0.3, -0.25) is 4.90 Å². The Labute approximate surface area is 90.1 Å². The molecule has 0 saturated carbocycles. The maximum Gasteiger partial charge on any atom is 0.0675 e. The lowest BCUT2D eigenvalue weighted by molar-refractivity contribution is 0.0901. The minimum absolute atomic E-state index is 0.144. The van der Waals surface area contributed by atoms with Crippen LogP contribution in [0.4, 0.5) is 0 Å². The first kappa shape index (κ1) is 13.9. The van der Waals surface area contributed by atoms with Crippen molar-refractivity contribution in [2.24, 2.45) is 5.41 Å². The van der Waals surface area contributed by atoms with Gasteiger partial charge in [0.25, 0.3) is 0 Å². The third-order valence-corrected chi connectivity index (χ3v) is 3.27. The van der Waals surface area contributed by atoms with Crippen LogP contribution in [0.1, 0.15) is 47.5 Å². The Morgan fingerprint density at radius 2 is 1.64 bits per heavy atom. The summed E-state index contributed by atoms with van der Waals surface area (Å²) in [5.74, 6) is 0. The molecule has 0 aliphatic heterocycles. The van der Waals surface area contributed by atoms with E-state index in [9.17, 15) is 0 Å². The summed E-state index contributed by atoms with van der Waals surface area (Å²) in [4.78, 5) is 2.41. The molecule has 2 nitrogen and oxygen atoms in total. The van der Waals surface area contributed by atoms with Crippen molar-refractivity contribution in [3.63, 3.8) is 0 Å². The van der Waals surface area contributed by atoms with Crippen molar-refractivity contribution >= 4 is 0 Å². The van der Waals surface area contributed by atoms with Crippen molar-refractivity contribution < 1.29 is 0 Å². The monoisotopic (exact) mass is 200 g/mol. The third kappa shape index (κ3) is 4.43. The second kappa shape index (κ2) is 5.13. The molecule has 0 spiro atoms. The molecule has 14 heavy (non-hydrogen) atoms. The van der Waals surface area contributed by atoms with Gasteiger partial charge in [0.1, 0.15) is 0 Å². The van der Waals surface area contributed by atoms with Crippen LogP contribution in [-0.4, -0.2) is 31.2 Å². The molecule has 0 aromatic carbocycles. The van der Waals surface area contributed by atoms with Crippen LogP contribution in [0.15, 0.2) is 0 Å². The second-order valence-corrected chi connectivity index (χ2v) is 5.61. The van der Waals surface area contributed by atoms with Crippen molar-refractivity contribution in [3.8, 4) is 0 Å². The van der Waals surface area contributed by atoms with E-state index in [1.807, 2.05) is 7.05 Å². The van der Waals surface area contributed by atoms with Crippen LogP contribution in [0, 0.1) is 5.41 Å². The highest BCUT2D eigenvalue weighted by atomic mass is 15.3. The highest BCUT2D eigenvalue weighted by molar-refractivity contribution is 4.79. The Hall–Kier alpha value is -0.0800. The van der Waals surface area contributed by atoms with Crippen molar-refractivity contribution in [2.45, 2.75) is 53.1 Å². The Bertz CT molecular complexity index is 154. The molecule has 1 atom stereocenters. The lowest BCUT2D eigenvalue weighted by Crippen LogP contribution is -2.53. The topological polar surface area (TPSA) is 15.3 Å². The zero-order valence-electron chi connectivity index (χ0n) is 11.1. The Morgan fingerprint density at radius 1 is 1.14 bits per heavy atom. The molecule has 0 fully saturated rings. The van der Waals surface area contributed by atoms with Gasteiger partial charge in [0.2, 0.25) is 0 Å². The molecule has 0 aromatic rings. The molecule has 0 heterocycles. The second-order valence-electron chi connectivity index (χ2n) is 5.61. The first-order chi connectivity index (χ1) is 6.25. The fourth-order valence-electron chi connectivity index (χ4n) is 1.39. The van der Waals surface area contributed by atoms with Crippen LogP contribution in [0.5, 0.6) is 0 Å². The smallest absolute Gasteiger partial charge is 0.0675 e. The number of rotatable bonds is 5. The molecule has 0 rings (SSSR count). The highest BCUT2D eigenvalue weighted by Gasteiger charge is 2.25. The van der Waals surface area contributed by atoms with Gasteiger partial charge in [0.05, 0.1) is 5.66 Å². The predicted octanol–water partition coefficient (Wildman–Crippen LogP) is 2.70. The Kier molecular flexibility index (Phi) is 5.10. The molecule has 1 N–H and O–H groups in total. The molecule has 0 aliphatic rings. The van der Waals surface area contributed by atoms with E-state index in [2.05, 4.69) is 51.9 Å². The molecule has 2 heteroatoms. The zero-order chi connectivity index (χ0) is 11.4. The van der Waals surface area contributed by atoms with Gasteiger partial charge >= 0.3 is 0 Å². The summed E-state index contributed by atoms with van der Waals surface area (Å²) in [6, 6.07) is 0. The molecular weight excluding hydrogens is 172 g/mol. The third-order valence-electron chi connectivity index (χ3n) is 3.27. The summed E-state index contributed by atoms with van der Waals surface area (Å²) >= 11 is 0. The minimum atomic E-state index is 0.144. The molecule has 0 amide bonds. The summed E-state index contributed by atoms with van der Waals surface area (Å²) in [6.45, 7) is 12.5. The van der Waals surface area contributed by atoms with Gasteiger partial charge in [-0.1, -0.05) is 27.7 Å². The normalized spacial score (nSPS) is 17.1. The van der Waals surface area contributed by atoms with Crippen molar-refractivity contribution in [1.82, 2.24) is 10.2 Å². The van der Waals surface area contributed by atoms with Crippen LogP contribution in [0.25, 0.3) is 0 Å². The van der Waals surface area contributed by atoms with Gasteiger partial charge < -0.3 is 5.32 Å². The van der Waals surface area contributed by atoms with Crippen LogP contribution in [0.2, 0.25) is 0 Å². The van der Waals surface area contributed by atoms with E-state index in [0.717, 1.165) is 13.0 Å². The van der Waals surface area contributed by atoms with E-state index in [0.29, 0.717) is 5.41 Å². The lowest BCUT2D eigenvalue weighted by atomic mass is 9.91. The fourth-order valence-corrected chi connectivity index (χ4v) is 1.39. The van der Waals surface area contributed by atoms with Crippen LogP contribution in [-0.2, 0) is 0 Å². The van der Waals surface area contributed by atoms with E-state index >= 15 is 0 Å². The number of nitrogens with zero attached hydrogens (tertiary/aromatic N) is 1. The van der Waals surface area contributed by atoms with Gasteiger partial charge in [-0.25, -0.2) is 0 Å². The Balaban J connectivity index is 4.12. The molecular formula is C12H28N2. The first-order valence-corrected chi connectivity index (χ1v) is 5.65. The molecule has 0 saturated heterocycles. The molecule has 0 aromatic heterocycles. The van der Waals surface area contributed by atoms with Gasteiger partial charge in [-0.05, 0) is 39.3 Å². The molecule has 1 unspecified atom stereocenters. The van der Waals surface area contributed by atoms with Crippen LogP contribution < -0.4 is 5.32 Å². The van der Waals surface area contributed by atoms with E-state index < -0.39 is 0 Å². The largest absolute Gasteiger partial charge is 0.302 e. The SMILES string of the molecule is CCC(C)(NC)N(C)CCC(C)(C)C. The molecule has 0 aliphatic carbocycles. The molecule has 0 radical (unpaired) electrons. The summed E-state index contributed by atoms with van der Waals surface area (Å²) < 4.78 is 0. The quantitative estimate of drug-likeness (QED) is 0.686. The summed E-state index contributed by atoms with van der Waals surface area (Å²) in [7, 11) is 4.24. The van der Waals surface area contributed by atoms with Crippen LogP contribution in [0.3, 0.4) is 0 Å². The standard InChI is InChI=1S/C12H28N2/c1-8-12(5,13-6)14(7)10-9-11(2,3)4/h13H,8-10H2,1-7H3. The van der Waals surface area contributed by atoms with Crippen molar-refractivity contribution in [1.29, 1.82) is 0 Å². The van der Waals surface area contributed by atoms with Crippen molar-refractivity contribution in [3.05, 3.63) is 0 Å². The zero-order valence-corrected chi connectivity index (χ0v) is 11.1. The maximum atomic E-state index is 3.39. The van der Waals surface area contributed by atoms with E-state index in [4.69, 9.17) is 0 Å². The van der Waals surface area contributed by atoms with Gasteiger partial charge in [-0.15, -0.1) is 0 Å². The lowest BCUT2D eigenvalue weighted by Gasteiger charge is -2.39. The van der Waals surface area contributed by atoms with Crippen molar-refractivity contribution in [2.75, 3.05) is 20.6 Å². The fraction of sp³-hybridized carbons (Fsp3) is 1.00. The number of hydrogen-bond acceptors (Lipinski definition) is 2. The van der Waals surface area contributed by atoms with Gasteiger partial charge in [0, 0.05) is 6.54 Å².